The van der Waals surface area contributed by atoms with Crippen LogP contribution in [0, 0.1) is 0 Å². The fraction of sp³-hybridized carbons (Fsp3) is 0.583. The third-order valence-corrected chi connectivity index (χ3v) is 3.14. The van der Waals surface area contributed by atoms with E-state index in [2.05, 4.69) is 20.7 Å². The van der Waals surface area contributed by atoms with E-state index >= 15 is 0 Å². The molecule has 1 aliphatic rings. The monoisotopic (exact) mass is 264 g/mol. The molecule has 4 N–H and O–H groups in total. The number of likely N-dealkylation sites (N-methyl/N-ethyl adjacent to an activating group) is 2. The van der Waals surface area contributed by atoms with Gasteiger partial charge in [0.15, 0.2) is 0 Å². The number of rotatable bonds is 6. The highest BCUT2D eigenvalue weighted by atomic mass is 16.1. The number of hydrogen-bond acceptors (Lipinski definition) is 6. The van der Waals surface area contributed by atoms with Gasteiger partial charge in [0.25, 0.3) is 0 Å². The maximum Gasteiger partial charge on any atom is 0.239 e. The number of nitrogens with one attached hydrogen (secondary N) is 2. The summed E-state index contributed by atoms with van der Waals surface area (Å²) in [7, 11) is 1.62. The molecule has 0 aliphatic heterocycles. The van der Waals surface area contributed by atoms with Crippen LogP contribution in [0.5, 0.6) is 0 Å². The molecule has 2 rings (SSSR count). The van der Waals surface area contributed by atoms with E-state index in [1.54, 1.807) is 13.1 Å². The van der Waals surface area contributed by atoms with Crippen LogP contribution in [0.3, 0.4) is 0 Å². The molecule has 0 bridgehead atoms. The number of anilines is 2. The molecule has 7 nitrogen and oxygen atoms in total. The summed E-state index contributed by atoms with van der Waals surface area (Å²) in [6.45, 7) is 2.95. The molecule has 1 aliphatic carbocycles. The minimum atomic E-state index is -0.0457. The summed E-state index contributed by atoms with van der Waals surface area (Å²) in [6.07, 6.45) is 2.24. The SMILES string of the molecule is CCN(CC(=O)NC)c1cc(NN)nc(C2CC2)n1. The summed E-state index contributed by atoms with van der Waals surface area (Å²) in [5, 5.41) is 2.61. The highest BCUT2D eigenvalue weighted by Gasteiger charge is 2.28. The summed E-state index contributed by atoms with van der Waals surface area (Å²) in [5.74, 6) is 7.95. The van der Waals surface area contributed by atoms with Gasteiger partial charge < -0.3 is 15.6 Å². The topological polar surface area (TPSA) is 96.2 Å². The minimum Gasteiger partial charge on any atom is -0.358 e. The van der Waals surface area contributed by atoms with Crippen LogP contribution < -0.4 is 21.5 Å². The highest BCUT2D eigenvalue weighted by Crippen LogP contribution is 2.39. The zero-order valence-electron chi connectivity index (χ0n) is 11.3. The van der Waals surface area contributed by atoms with Gasteiger partial charge in [-0.05, 0) is 19.8 Å². The molecule has 0 atom stereocenters. The van der Waals surface area contributed by atoms with Crippen molar-refractivity contribution < 1.29 is 4.79 Å². The Labute approximate surface area is 112 Å². The van der Waals surface area contributed by atoms with E-state index in [0.29, 0.717) is 18.3 Å². The van der Waals surface area contributed by atoms with E-state index in [9.17, 15) is 4.79 Å². The second-order valence-corrected chi connectivity index (χ2v) is 4.58. The second kappa shape index (κ2) is 5.83. The van der Waals surface area contributed by atoms with Crippen LogP contribution in [0.15, 0.2) is 6.07 Å². The Hall–Kier alpha value is -1.89. The van der Waals surface area contributed by atoms with Crippen molar-refractivity contribution in [3.05, 3.63) is 11.9 Å². The third kappa shape index (κ3) is 3.31. The van der Waals surface area contributed by atoms with Gasteiger partial charge in [0, 0.05) is 25.6 Å². The first kappa shape index (κ1) is 13.5. The first-order valence-corrected chi connectivity index (χ1v) is 6.49. The summed E-state index contributed by atoms with van der Waals surface area (Å²) in [4.78, 5) is 22.3. The summed E-state index contributed by atoms with van der Waals surface area (Å²) in [6, 6.07) is 1.76. The van der Waals surface area contributed by atoms with Gasteiger partial charge >= 0.3 is 0 Å². The lowest BCUT2D eigenvalue weighted by molar-refractivity contribution is -0.119. The predicted molar refractivity (Wildman–Crippen MR) is 73.8 cm³/mol. The molecule has 1 aromatic rings. The average Bonchev–Trinajstić information content (AvgIpc) is 3.28. The number of carbonyl (C=O) groups is 1. The number of nitrogen functional groups attached to an aromatic ring is 1. The van der Waals surface area contributed by atoms with E-state index in [1.807, 2.05) is 11.8 Å². The molecule has 7 heteroatoms. The summed E-state index contributed by atoms with van der Waals surface area (Å²) in [5.41, 5.74) is 2.56. The fourth-order valence-corrected chi connectivity index (χ4v) is 1.82. The normalized spacial score (nSPS) is 14.1. The van der Waals surface area contributed by atoms with E-state index in [-0.39, 0.29) is 12.5 Å². The average molecular weight is 264 g/mol. The molecule has 1 aromatic heterocycles. The number of carbonyl (C=O) groups excluding carboxylic acids is 1. The van der Waals surface area contributed by atoms with Crippen molar-refractivity contribution in [1.82, 2.24) is 15.3 Å². The molecule has 0 aromatic carbocycles. The summed E-state index contributed by atoms with van der Waals surface area (Å²) < 4.78 is 0. The summed E-state index contributed by atoms with van der Waals surface area (Å²) >= 11 is 0. The van der Waals surface area contributed by atoms with Crippen molar-refractivity contribution in [2.45, 2.75) is 25.7 Å². The molecule has 1 saturated carbocycles. The van der Waals surface area contributed by atoms with Crippen molar-refractivity contribution in [2.75, 3.05) is 30.5 Å². The van der Waals surface area contributed by atoms with Gasteiger partial charge in [-0.2, -0.15) is 0 Å². The van der Waals surface area contributed by atoms with Crippen LogP contribution in [0.25, 0.3) is 0 Å². The maximum atomic E-state index is 11.5. The van der Waals surface area contributed by atoms with Gasteiger partial charge in [0.2, 0.25) is 5.91 Å². The standard InChI is InChI=1S/C12H20N6O/c1-3-18(7-11(19)14-2)10-6-9(17-13)15-12(16-10)8-4-5-8/h6,8H,3-5,7,13H2,1-2H3,(H,14,19)(H,15,16,17). The quantitative estimate of drug-likeness (QED) is 0.502. The van der Waals surface area contributed by atoms with Crippen molar-refractivity contribution in [2.24, 2.45) is 5.84 Å². The van der Waals surface area contributed by atoms with Gasteiger partial charge in [0.05, 0.1) is 6.54 Å². The van der Waals surface area contributed by atoms with Gasteiger partial charge in [-0.25, -0.2) is 15.8 Å². The molecule has 104 valence electrons. The highest BCUT2D eigenvalue weighted by molar-refractivity contribution is 5.80. The zero-order chi connectivity index (χ0) is 13.8. The minimum absolute atomic E-state index is 0.0457. The van der Waals surface area contributed by atoms with Crippen molar-refractivity contribution in [1.29, 1.82) is 0 Å². The lowest BCUT2D eigenvalue weighted by Crippen LogP contribution is -2.36. The number of nitrogens with zero attached hydrogens (tertiary/aromatic N) is 3. The van der Waals surface area contributed by atoms with Crippen molar-refractivity contribution >= 4 is 17.5 Å². The first-order chi connectivity index (χ1) is 9.17. The number of amides is 1. The molecule has 0 saturated heterocycles. The van der Waals surface area contributed by atoms with Crippen LogP contribution in [0.2, 0.25) is 0 Å². The van der Waals surface area contributed by atoms with Gasteiger partial charge in [-0.15, -0.1) is 0 Å². The number of nitrogens with two attached hydrogens (primary N) is 1. The van der Waals surface area contributed by atoms with Crippen LogP contribution in [0.4, 0.5) is 11.6 Å². The molecular weight excluding hydrogens is 244 g/mol. The van der Waals surface area contributed by atoms with Gasteiger partial charge in [-0.3, -0.25) is 4.79 Å². The van der Waals surface area contributed by atoms with Crippen LogP contribution in [0.1, 0.15) is 31.5 Å². The Morgan fingerprint density at radius 3 is 2.79 bits per heavy atom. The molecular formula is C12H20N6O. The number of aromatic nitrogens is 2. The Balaban J connectivity index is 2.24. The zero-order valence-corrected chi connectivity index (χ0v) is 11.3. The smallest absolute Gasteiger partial charge is 0.239 e. The van der Waals surface area contributed by atoms with E-state index in [0.717, 1.165) is 24.5 Å². The lowest BCUT2D eigenvalue weighted by Gasteiger charge is -2.21. The third-order valence-electron chi connectivity index (χ3n) is 3.14. The van der Waals surface area contributed by atoms with Gasteiger partial charge in [-0.1, -0.05) is 0 Å². The Morgan fingerprint density at radius 1 is 1.53 bits per heavy atom. The Kier molecular flexibility index (Phi) is 4.16. The molecule has 19 heavy (non-hydrogen) atoms. The number of hydrazine groups is 1. The molecule has 0 unspecified atom stereocenters. The van der Waals surface area contributed by atoms with Crippen LogP contribution in [-0.2, 0) is 4.79 Å². The maximum absolute atomic E-state index is 11.5. The second-order valence-electron chi connectivity index (χ2n) is 4.58. The number of hydrogen-bond donors (Lipinski definition) is 3. The van der Waals surface area contributed by atoms with Gasteiger partial charge in [0.1, 0.15) is 17.5 Å². The van der Waals surface area contributed by atoms with Crippen molar-refractivity contribution in [3.8, 4) is 0 Å². The fourth-order valence-electron chi connectivity index (χ4n) is 1.82. The van der Waals surface area contributed by atoms with Crippen molar-refractivity contribution in [3.63, 3.8) is 0 Å². The Morgan fingerprint density at radius 2 is 2.26 bits per heavy atom. The molecule has 0 radical (unpaired) electrons. The predicted octanol–water partition coefficient (Wildman–Crippen LogP) is 0.212. The van der Waals surface area contributed by atoms with Crippen LogP contribution >= 0.6 is 0 Å². The largest absolute Gasteiger partial charge is 0.358 e. The molecule has 1 heterocycles. The van der Waals surface area contributed by atoms with E-state index < -0.39 is 0 Å². The van der Waals surface area contributed by atoms with Crippen LogP contribution in [-0.4, -0.2) is 36.0 Å². The molecule has 1 fully saturated rings. The van der Waals surface area contributed by atoms with E-state index in [4.69, 9.17) is 5.84 Å². The lowest BCUT2D eigenvalue weighted by atomic mass is 10.3. The first-order valence-electron chi connectivity index (χ1n) is 6.49. The molecule has 1 amide bonds. The molecule has 0 spiro atoms. The van der Waals surface area contributed by atoms with E-state index in [1.165, 1.54) is 0 Å². The Bertz CT molecular complexity index is 460.